The fourth-order valence-electron chi connectivity index (χ4n) is 2.08. The zero-order valence-corrected chi connectivity index (χ0v) is 14.6. The van der Waals surface area contributed by atoms with Crippen LogP contribution in [0.5, 0.6) is 0 Å². The molecule has 3 rings (SSSR count). The molecule has 0 aliphatic carbocycles. The number of fused-ring (bicyclic) bond motifs is 1. The maximum absolute atomic E-state index is 12.0. The number of sulfone groups is 1. The van der Waals surface area contributed by atoms with Gasteiger partial charge in [0, 0.05) is 12.0 Å². The molecular formula is C14H9Cl2NO4S2. The highest BCUT2D eigenvalue weighted by Gasteiger charge is 2.29. The molecule has 0 atom stereocenters. The first-order chi connectivity index (χ1) is 10.9. The molecule has 5 nitrogen and oxygen atoms in total. The quantitative estimate of drug-likeness (QED) is 0.578. The third-order valence-corrected chi connectivity index (χ3v) is 7.25. The Hall–Kier alpha value is -1.41. The Kier molecular flexibility index (Phi) is 4.46. The molecule has 1 aromatic heterocycles. The van der Waals surface area contributed by atoms with Crippen molar-refractivity contribution < 1.29 is 18.0 Å². The summed E-state index contributed by atoms with van der Waals surface area (Å²) in [7, 11) is -3.27. The summed E-state index contributed by atoms with van der Waals surface area (Å²) in [4.78, 5) is 16.9. The van der Waals surface area contributed by atoms with E-state index in [4.69, 9.17) is 28.0 Å². The molecule has 0 saturated carbocycles. The molecular weight excluding hydrogens is 381 g/mol. The lowest BCUT2D eigenvalue weighted by atomic mass is 10.1. The smallest absolute Gasteiger partial charge is 0.313 e. The Bertz CT molecular complexity index is 919. The Balaban J connectivity index is 1.84. The van der Waals surface area contributed by atoms with Crippen LogP contribution in [0.2, 0.25) is 10.0 Å². The van der Waals surface area contributed by atoms with E-state index in [1.807, 2.05) is 0 Å². The van der Waals surface area contributed by atoms with Gasteiger partial charge in [-0.25, -0.2) is 13.2 Å². The van der Waals surface area contributed by atoms with Crippen molar-refractivity contribution in [1.82, 2.24) is 0 Å². The number of hydrogen-bond acceptors (Lipinski definition) is 6. The third kappa shape index (κ3) is 3.28. The average Bonchev–Trinajstić information content (AvgIpc) is 3.00. The van der Waals surface area contributed by atoms with Crippen LogP contribution in [0.1, 0.15) is 22.3 Å². The Morgan fingerprint density at radius 3 is 2.74 bits per heavy atom. The van der Waals surface area contributed by atoms with Crippen LogP contribution in [-0.4, -0.2) is 25.9 Å². The summed E-state index contributed by atoms with van der Waals surface area (Å²) in [6.07, 6.45) is 0.195. The van der Waals surface area contributed by atoms with Crippen LogP contribution in [0.15, 0.2) is 39.0 Å². The van der Waals surface area contributed by atoms with Crippen LogP contribution in [0.25, 0.3) is 0 Å². The van der Waals surface area contributed by atoms with E-state index < -0.39 is 15.8 Å². The summed E-state index contributed by atoms with van der Waals surface area (Å²) >= 11 is 12.8. The van der Waals surface area contributed by atoms with Crippen LogP contribution < -0.4 is 0 Å². The van der Waals surface area contributed by atoms with Crippen molar-refractivity contribution >= 4 is 56.1 Å². The molecule has 0 N–H and O–H groups in total. The lowest BCUT2D eigenvalue weighted by molar-refractivity contribution is 0.0516. The van der Waals surface area contributed by atoms with E-state index in [9.17, 15) is 13.2 Å². The van der Waals surface area contributed by atoms with Gasteiger partial charge in [-0.2, -0.15) is 0 Å². The zero-order valence-electron chi connectivity index (χ0n) is 11.5. The van der Waals surface area contributed by atoms with E-state index in [1.54, 1.807) is 11.4 Å². The molecule has 0 fully saturated rings. The van der Waals surface area contributed by atoms with E-state index in [1.165, 1.54) is 18.2 Å². The highest BCUT2D eigenvalue weighted by molar-refractivity contribution is 7.93. The third-order valence-electron chi connectivity index (χ3n) is 3.22. The van der Waals surface area contributed by atoms with E-state index >= 15 is 0 Å². The van der Waals surface area contributed by atoms with E-state index in [-0.39, 0.29) is 27.0 Å². The summed E-state index contributed by atoms with van der Waals surface area (Å²) < 4.78 is 24.1. The topological polar surface area (TPSA) is 72.8 Å². The van der Waals surface area contributed by atoms with Crippen molar-refractivity contribution in [3.8, 4) is 0 Å². The predicted octanol–water partition coefficient (Wildman–Crippen LogP) is 3.79. The second kappa shape index (κ2) is 6.24. The van der Waals surface area contributed by atoms with Gasteiger partial charge in [-0.05, 0) is 29.6 Å². The van der Waals surface area contributed by atoms with E-state index in [0.29, 0.717) is 16.3 Å². The van der Waals surface area contributed by atoms with Crippen LogP contribution in [-0.2, 0) is 14.7 Å². The van der Waals surface area contributed by atoms with Crippen molar-refractivity contribution in [3.05, 3.63) is 50.8 Å². The van der Waals surface area contributed by atoms with Crippen molar-refractivity contribution in [2.24, 2.45) is 5.16 Å². The molecule has 0 radical (unpaired) electrons. The summed E-state index contributed by atoms with van der Waals surface area (Å²) in [6, 6.07) is 5.99. The molecule has 0 spiro atoms. The fourth-order valence-corrected chi connectivity index (χ4v) is 5.19. The number of nitrogens with zero attached hydrogens (tertiary/aromatic N) is 1. The van der Waals surface area contributed by atoms with Crippen molar-refractivity contribution in [3.63, 3.8) is 0 Å². The van der Waals surface area contributed by atoms with E-state index in [0.717, 1.165) is 11.3 Å². The molecule has 1 aliphatic heterocycles. The Labute approximate surface area is 146 Å². The number of carbonyl (C=O) groups excluding carboxylic acids is 1. The number of rotatable bonds is 2. The number of thiophene rings is 1. The monoisotopic (exact) mass is 389 g/mol. The molecule has 2 aromatic rings. The highest BCUT2D eigenvalue weighted by Crippen LogP contribution is 2.30. The van der Waals surface area contributed by atoms with Crippen LogP contribution >= 0.6 is 34.5 Å². The van der Waals surface area contributed by atoms with Crippen molar-refractivity contribution in [2.45, 2.75) is 10.6 Å². The van der Waals surface area contributed by atoms with Gasteiger partial charge in [0.15, 0.2) is 9.84 Å². The van der Waals surface area contributed by atoms with Crippen LogP contribution in [0, 0.1) is 0 Å². The van der Waals surface area contributed by atoms with Gasteiger partial charge in [0.2, 0.25) is 0 Å². The highest BCUT2D eigenvalue weighted by atomic mass is 35.5. The summed E-state index contributed by atoms with van der Waals surface area (Å²) in [6.45, 7) is 0. The second-order valence-corrected chi connectivity index (χ2v) is 8.77. The number of hydrogen-bond donors (Lipinski definition) is 0. The number of benzene rings is 1. The maximum Gasteiger partial charge on any atom is 0.365 e. The summed E-state index contributed by atoms with van der Waals surface area (Å²) in [5.41, 5.74) is 1.13. The van der Waals surface area contributed by atoms with E-state index in [2.05, 4.69) is 5.16 Å². The minimum absolute atomic E-state index is 0.0519. The fraction of sp³-hybridized carbons (Fsp3) is 0.143. The number of oxime groups is 1. The molecule has 9 heteroatoms. The van der Waals surface area contributed by atoms with Gasteiger partial charge in [-0.15, -0.1) is 11.3 Å². The molecule has 1 aliphatic rings. The molecule has 0 amide bonds. The second-order valence-electron chi connectivity index (χ2n) is 4.74. The Morgan fingerprint density at radius 1 is 1.22 bits per heavy atom. The molecule has 0 saturated heterocycles. The largest absolute Gasteiger partial charge is 0.365 e. The first kappa shape index (κ1) is 16.4. The SMILES string of the molecule is O=C(ON=C1CCS(=O)(=O)c2sccc21)c1ccc(Cl)c(Cl)c1. The average molecular weight is 390 g/mol. The van der Waals surface area contributed by atoms with Crippen LogP contribution in [0.3, 0.4) is 0 Å². The standard InChI is InChI=1S/C14H9Cl2NO4S2/c15-10-2-1-8(7-11(10)16)13(18)21-17-12-4-6-23(19,20)14-9(12)3-5-22-14/h1-3,5,7H,4,6H2. The molecule has 120 valence electrons. The molecule has 1 aromatic carbocycles. The first-order valence-electron chi connectivity index (χ1n) is 6.42. The maximum atomic E-state index is 12.0. The lowest BCUT2D eigenvalue weighted by Crippen LogP contribution is -2.20. The van der Waals surface area contributed by atoms with Gasteiger partial charge >= 0.3 is 5.97 Å². The number of halogens is 2. The predicted molar refractivity (Wildman–Crippen MR) is 89.4 cm³/mol. The minimum Gasteiger partial charge on any atom is -0.313 e. The Morgan fingerprint density at radius 2 is 2.00 bits per heavy atom. The van der Waals surface area contributed by atoms with Crippen LogP contribution in [0.4, 0.5) is 0 Å². The molecule has 23 heavy (non-hydrogen) atoms. The molecule has 0 bridgehead atoms. The first-order valence-corrected chi connectivity index (χ1v) is 9.71. The number of carbonyl (C=O) groups is 1. The van der Waals surface area contributed by atoms with Crippen molar-refractivity contribution in [2.75, 3.05) is 5.75 Å². The summed E-state index contributed by atoms with van der Waals surface area (Å²) in [5.74, 6) is -0.745. The normalized spacial score (nSPS) is 17.7. The van der Waals surface area contributed by atoms with Gasteiger partial charge in [0.05, 0.1) is 27.1 Å². The minimum atomic E-state index is -3.27. The molecule has 2 heterocycles. The van der Waals surface area contributed by atoms with Gasteiger partial charge in [-0.1, -0.05) is 28.4 Å². The zero-order chi connectivity index (χ0) is 16.6. The van der Waals surface area contributed by atoms with Gasteiger partial charge < -0.3 is 4.84 Å². The van der Waals surface area contributed by atoms with Gasteiger partial charge in [0.1, 0.15) is 4.21 Å². The van der Waals surface area contributed by atoms with Gasteiger partial charge in [0.25, 0.3) is 0 Å². The molecule has 0 unspecified atom stereocenters. The summed E-state index contributed by atoms with van der Waals surface area (Å²) in [5, 5.41) is 6.06. The van der Waals surface area contributed by atoms with Crippen molar-refractivity contribution in [1.29, 1.82) is 0 Å². The van der Waals surface area contributed by atoms with Gasteiger partial charge in [-0.3, -0.25) is 0 Å². The lowest BCUT2D eigenvalue weighted by Gasteiger charge is -2.13.